The number of Topliss-reactive ketones (excluding diaryl/α,β-unsaturated/α-hetero) is 1. The Morgan fingerprint density at radius 2 is 2.00 bits per heavy atom. The Labute approximate surface area is 154 Å². The van der Waals surface area contributed by atoms with Gasteiger partial charge in [-0.1, -0.05) is 23.4 Å². The van der Waals surface area contributed by atoms with Gasteiger partial charge in [0.2, 0.25) is 5.91 Å². The topological polar surface area (TPSA) is 63.2 Å². The van der Waals surface area contributed by atoms with Crippen LogP contribution >= 0.6 is 34.7 Å². The first-order valence-electron chi connectivity index (χ1n) is 7.25. The molecule has 2 aromatic heterocycles. The molecule has 8 heteroatoms. The summed E-state index contributed by atoms with van der Waals surface area (Å²) in [5.74, 6) is 0.678. The van der Waals surface area contributed by atoms with Crippen LogP contribution in [0.5, 0.6) is 0 Å². The summed E-state index contributed by atoms with van der Waals surface area (Å²) in [5.41, 5.74) is 1.14. The summed E-state index contributed by atoms with van der Waals surface area (Å²) in [4.78, 5) is 35.4. The predicted molar refractivity (Wildman–Crippen MR) is 98.0 cm³/mol. The Kier molecular flexibility index (Phi) is 6.37. The Hall–Kier alpha value is -1.44. The van der Waals surface area contributed by atoms with Gasteiger partial charge in [-0.05, 0) is 32.9 Å². The minimum absolute atomic E-state index is 0.0343. The van der Waals surface area contributed by atoms with Gasteiger partial charge in [0.25, 0.3) is 0 Å². The lowest BCUT2D eigenvalue weighted by Gasteiger charge is -2.16. The van der Waals surface area contributed by atoms with E-state index in [2.05, 4.69) is 9.97 Å². The van der Waals surface area contributed by atoms with Crippen molar-refractivity contribution in [3.8, 4) is 0 Å². The fraction of sp³-hybridized carbons (Fsp3) is 0.375. The summed E-state index contributed by atoms with van der Waals surface area (Å²) in [6, 6.07) is 3.73. The zero-order valence-corrected chi connectivity index (χ0v) is 16.3. The highest BCUT2D eigenvalue weighted by Gasteiger charge is 2.17. The molecule has 0 saturated carbocycles. The quantitative estimate of drug-likeness (QED) is 0.431. The molecule has 0 spiro atoms. The number of nitrogens with zero attached hydrogens (tertiary/aromatic N) is 3. The number of thioether (sulfide) groups is 1. The first-order chi connectivity index (χ1) is 11.3. The summed E-state index contributed by atoms with van der Waals surface area (Å²) in [5, 5.41) is 0.563. The van der Waals surface area contributed by atoms with Crippen molar-refractivity contribution in [1.82, 2.24) is 14.9 Å². The van der Waals surface area contributed by atoms with Crippen LogP contribution in [0, 0.1) is 13.8 Å². The third-order valence-electron chi connectivity index (χ3n) is 3.30. The van der Waals surface area contributed by atoms with Crippen molar-refractivity contribution in [2.45, 2.75) is 32.3 Å². The molecule has 0 N–H and O–H groups in total. The van der Waals surface area contributed by atoms with Gasteiger partial charge in [-0.25, -0.2) is 9.97 Å². The van der Waals surface area contributed by atoms with E-state index in [0.29, 0.717) is 33.0 Å². The minimum Gasteiger partial charge on any atom is -0.340 e. The summed E-state index contributed by atoms with van der Waals surface area (Å²) in [6.07, 6.45) is 0. The Balaban J connectivity index is 2.04. The van der Waals surface area contributed by atoms with Gasteiger partial charge >= 0.3 is 0 Å². The van der Waals surface area contributed by atoms with Crippen LogP contribution in [0.1, 0.15) is 33.7 Å². The van der Waals surface area contributed by atoms with Crippen molar-refractivity contribution >= 4 is 46.4 Å². The van der Waals surface area contributed by atoms with Crippen LogP contribution < -0.4 is 0 Å². The second kappa shape index (κ2) is 8.09. The smallest absolute Gasteiger partial charge is 0.233 e. The Morgan fingerprint density at radius 3 is 2.58 bits per heavy atom. The maximum Gasteiger partial charge on any atom is 0.233 e. The predicted octanol–water partition coefficient (Wildman–Crippen LogP) is 3.76. The normalized spacial score (nSPS) is 10.7. The van der Waals surface area contributed by atoms with Crippen molar-refractivity contribution in [3.63, 3.8) is 0 Å². The zero-order chi connectivity index (χ0) is 17.9. The highest BCUT2D eigenvalue weighted by Crippen LogP contribution is 2.25. The first kappa shape index (κ1) is 18.9. The van der Waals surface area contributed by atoms with Crippen molar-refractivity contribution < 1.29 is 9.59 Å². The molecule has 1 amide bonds. The lowest BCUT2D eigenvalue weighted by Crippen LogP contribution is -2.27. The average molecular weight is 384 g/mol. The Bertz CT molecular complexity index is 777. The van der Waals surface area contributed by atoms with Crippen LogP contribution in [0.3, 0.4) is 0 Å². The number of carbonyl (C=O) groups is 2. The maximum atomic E-state index is 12.3. The number of hydrogen-bond donors (Lipinski definition) is 0. The van der Waals surface area contributed by atoms with Gasteiger partial charge in [0.1, 0.15) is 10.9 Å². The molecule has 0 atom stereocenters. The molecule has 0 aliphatic rings. The highest BCUT2D eigenvalue weighted by atomic mass is 35.5. The fourth-order valence-electron chi connectivity index (χ4n) is 2.19. The van der Waals surface area contributed by atoms with Gasteiger partial charge in [-0.2, -0.15) is 0 Å². The summed E-state index contributed by atoms with van der Waals surface area (Å²) in [7, 11) is 1.75. The zero-order valence-electron chi connectivity index (χ0n) is 13.9. The summed E-state index contributed by atoms with van der Waals surface area (Å²) in [6.45, 7) is 5.55. The standard InChI is InChI=1S/C16H18ClN3O2S2/c1-9-15(10(2)21)16(19-11(3)18-9)23-8-14(22)20(4)7-12-5-6-13(17)24-12/h5-6H,7-8H2,1-4H3. The molecule has 24 heavy (non-hydrogen) atoms. The molecule has 5 nitrogen and oxygen atoms in total. The molecule has 128 valence electrons. The van der Waals surface area contributed by atoms with Gasteiger partial charge < -0.3 is 4.90 Å². The molecule has 0 aromatic carbocycles. The number of rotatable bonds is 6. The van der Waals surface area contributed by atoms with Gasteiger partial charge in [-0.3, -0.25) is 9.59 Å². The van der Waals surface area contributed by atoms with Crippen molar-refractivity contribution in [2.75, 3.05) is 12.8 Å². The van der Waals surface area contributed by atoms with Gasteiger partial charge in [0.05, 0.1) is 27.9 Å². The molecule has 0 saturated heterocycles. The number of thiophene rings is 1. The van der Waals surface area contributed by atoms with E-state index in [0.717, 1.165) is 4.88 Å². The monoisotopic (exact) mass is 383 g/mol. The number of aryl methyl sites for hydroxylation is 2. The van der Waals surface area contributed by atoms with E-state index in [9.17, 15) is 9.59 Å². The summed E-state index contributed by atoms with van der Waals surface area (Å²) >= 11 is 8.63. The van der Waals surface area contributed by atoms with E-state index in [-0.39, 0.29) is 17.4 Å². The van der Waals surface area contributed by atoms with Crippen molar-refractivity contribution in [2.24, 2.45) is 0 Å². The van der Waals surface area contributed by atoms with Gasteiger partial charge in [0, 0.05) is 11.9 Å². The van der Waals surface area contributed by atoms with Crippen LogP contribution in [0.15, 0.2) is 17.2 Å². The van der Waals surface area contributed by atoms with Gasteiger partial charge in [0.15, 0.2) is 5.78 Å². The third kappa shape index (κ3) is 4.78. The fourth-order valence-corrected chi connectivity index (χ4v) is 4.44. The molecular formula is C16H18ClN3O2S2. The maximum absolute atomic E-state index is 12.3. The Morgan fingerprint density at radius 1 is 1.29 bits per heavy atom. The summed E-state index contributed by atoms with van der Waals surface area (Å²) < 4.78 is 0.707. The average Bonchev–Trinajstić information content (AvgIpc) is 2.88. The molecule has 0 unspecified atom stereocenters. The largest absolute Gasteiger partial charge is 0.340 e. The number of aromatic nitrogens is 2. The molecule has 0 aliphatic heterocycles. The molecule has 0 fully saturated rings. The van der Waals surface area contributed by atoms with E-state index in [1.54, 1.807) is 25.8 Å². The number of amides is 1. The number of ketones is 1. The van der Waals surface area contributed by atoms with E-state index in [4.69, 9.17) is 11.6 Å². The van der Waals surface area contributed by atoms with Crippen molar-refractivity contribution in [3.05, 3.63) is 38.4 Å². The van der Waals surface area contributed by atoms with E-state index < -0.39 is 0 Å². The molecule has 0 bridgehead atoms. The van der Waals surface area contributed by atoms with Gasteiger partial charge in [-0.15, -0.1) is 11.3 Å². The number of hydrogen-bond acceptors (Lipinski definition) is 6. The molecule has 2 aromatic rings. The number of halogens is 1. The van der Waals surface area contributed by atoms with Crippen LogP contribution in [0.25, 0.3) is 0 Å². The minimum atomic E-state index is -0.0935. The molecule has 0 aliphatic carbocycles. The number of carbonyl (C=O) groups excluding carboxylic acids is 2. The van der Waals surface area contributed by atoms with E-state index in [1.165, 1.54) is 30.0 Å². The lowest BCUT2D eigenvalue weighted by atomic mass is 10.2. The van der Waals surface area contributed by atoms with Crippen LogP contribution in [-0.4, -0.2) is 39.4 Å². The molecule has 0 radical (unpaired) electrons. The van der Waals surface area contributed by atoms with Crippen LogP contribution in [-0.2, 0) is 11.3 Å². The van der Waals surface area contributed by atoms with Crippen molar-refractivity contribution in [1.29, 1.82) is 0 Å². The lowest BCUT2D eigenvalue weighted by molar-refractivity contribution is -0.127. The second-order valence-corrected chi connectivity index (χ2v) is 8.10. The first-order valence-corrected chi connectivity index (χ1v) is 9.43. The molecule has 2 rings (SSSR count). The van der Waals surface area contributed by atoms with E-state index >= 15 is 0 Å². The molecular weight excluding hydrogens is 366 g/mol. The van der Waals surface area contributed by atoms with Crippen LogP contribution in [0.4, 0.5) is 0 Å². The SMILES string of the molecule is CC(=O)c1c(C)nc(C)nc1SCC(=O)N(C)Cc1ccc(Cl)s1. The second-order valence-electron chi connectivity index (χ2n) is 5.34. The molecule has 2 heterocycles. The van der Waals surface area contributed by atoms with E-state index in [1.807, 2.05) is 12.1 Å². The highest BCUT2D eigenvalue weighted by molar-refractivity contribution is 8.00. The third-order valence-corrected chi connectivity index (χ3v) is 5.48. The van der Waals surface area contributed by atoms with Crippen LogP contribution in [0.2, 0.25) is 4.34 Å².